The van der Waals surface area contributed by atoms with Crippen molar-refractivity contribution in [2.45, 2.75) is 33.0 Å². The molecule has 0 aromatic heterocycles. The van der Waals surface area contributed by atoms with Crippen molar-refractivity contribution in [3.8, 4) is 0 Å². The largest absolute Gasteiger partial charge is 0.462 e. The minimum absolute atomic E-state index is 0.0344. The van der Waals surface area contributed by atoms with E-state index in [1.807, 2.05) is 67.6 Å². The molecule has 0 saturated heterocycles. The summed E-state index contributed by atoms with van der Waals surface area (Å²) >= 11 is 0. The Morgan fingerprint density at radius 1 is 0.636 bits per heavy atom. The van der Waals surface area contributed by atoms with E-state index in [4.69, 9.17) is 14.2 Å². The molecule has 0 bridgehead atoms. The molecule has 6 nitrogen and oxygen atoms in total. The number of carbonyl (C=O) groups excluding carboxylic acids is 3. The molecule has 0 atom stereocenters. The van der Waals surface area contributed by atoms with E-state index in [9.17, 15) is 14.4 Å². The first-order valence-electron chi connectivity index (χ1n) is 10.8. The smallest absolute Gasteiger partial charge is 0.339 e. The van der Waals surface area contributed by atoms with Gasteiger partial charge in [0, 0.05) is 0 Å². The van der Waals surface area contributed by atoms with Crippen molar-refractivity contribution < 1.29 is 28.6 Å². The standard InChI is InChI=1S/C27H26O6/c1-2-3-16-31-26(29)23-15-14-22(25(28)32-18-20-10-6-4-7-11-20)17-24(23)27(30)33-19-21-12-8-5-9-13-21/h4-15,17H,2-3,16,18-19H2,1H3. The predicted molar refractivity (Wildman–Crippen MR) is 123 cm³/mol. The first-order chi connectivity index (χ1) is 16.1. The molecule has 0 spiro atoms. The Balaban J connectivity index is 1.78. The van der Waals surface area contributed by atoms with Crippen molar-refractivity contribution in [2.24, 2.45) is 0 Å². The summed E-state index contributed by atoms with van der Waals surface area (Å²) in [4.78, 5) is 38.0. The number of hydrogen-bond acceptors (Lipinski definition) is 6. The van der Waals surface area contributed by atoms with Crippen LogP contribution in [-0.2, 0) is 27.4 Å². The molecule has 6 heteroatoms. The maximum Gasteiger partial charge on any atom is 0.339 e. The zero-order valence-corrected chi connectivity index (χ0v) is 18.5. The number of esters is 3. The van der Waals surface area contributed by atoms with Gasteiger partial charge >= 0.3 is 17.9 Å². The summed E-state index contributed by atoms with van der Waals surface area (Å²) in [6, 6.07) is 22.6. The number of hydrogen-bond donors (Lipinski definition) is 0. The number of unbranched alkanes of at least 4 members (excludes halogenated alkanes) is 1. The molecule has 0 amide bonds. The fourth-order valence-corrected chi connectivity index (χ4v) is 3.01. The van der Waals surface area contributed by atoms with Gasteiger partial charge in [0.05, 0.1) is 23.3 Å². The quantitative estimate of drug-likeness (QED) is 0.237. The summed E-state index contributed by atoms with van der Waals surface area (Å²) in [7, 11) is 0. The monoisotopic (exact) mass is 446 g/mol. The molecule has 0 aliphatic heterocycles. The molecule has 170 valence electrons. The molecule has 0 aliphatic carbocycles. The summed E-state index contributed by atoms with van der Waals surface area (Å²) in [6.07, 6.45) is 1.58. The Labute approximate surface area is 193 Å². The molecule has 0 unspecified atom stereocenters. The molecule has 0 fully saturated rings. The molecule has 0 N–H and O–H groups in total. The normalized spacial score (nSPS) is 10.3. The summed E-state index contributed by atoms with van der Waals surface area (Å²) in [5.74, 6) is -1.97. The Bertz CT molecular complexity index is 1080. The number of rotatable bonds is 10. The zero-order valence-electron chi connectivity index (χ0n) is 18.5. The molecule has 3 aromatic rings. The van der Waals surface area contributed by atoms with Crippen molar-refractivity contribution in [3.63, 3.8) is 0 Å². The van der Waals surface area contributed by atoms with Gasteiger partial charge in [0.2, 0.25) is 0 Å². The summed E-state index contributed by atoms with van der Waals surface area (Å²) < 4.78 is 16.0. The van der Waals surface area contributed by atoms with Gasteiger partial charge < -0.3 is 14.2 Å². The highest BCUT2D eigenvalue weighted by atomic mass is 16.5. The summed E-state index contributed by atoms with van der Waals surface area (Å²) in [5.41, 5.74) is 1.79. The van der Waals surface area contributed by atoms with Gasteiger partial charge in [-0.05, 0) is 35.7 Å². The van der Waals surface area contributed by atoms with Crippen LogP contribution < -0.4 is 0 Å². The summed E-state index contributed by atoms with van der Waals surface area (Å²) in [6.45, 7) is 2.35. The third-order valence-electron chi connectivity index (χ3n) is 4.85. The van der Waals surface area contributed by atoms with Crippen molar-refractivity contribution in [1.29, 1.82) is 0 Å². The highest BCUT2D eigenvalue weighted by Crippen LogP contribution is 2.18. The lowest BCUT2D eigenvalue weighted by atomic mass is 10.0. The van der Waals surface area contributed by atoms with Crippen molar-refractivity contribution in [2.75, 3.05) is 6.61 Å². The average molecular weight is 446 g/mol. The molecule has 0 saturated carbocycles. The number of ether oxygens (including phenoxy) is 3. The fourth-order valence-electron chi connectivity index (χ4n) is 3.01. The first-order valence-corrected chi connectivity index (χ1v) is 10.8. The van der Waals surface area contributed by atoms with Crippen LogP contribution in [0.5, 0.6) is 0 Å². The van der Waals surface area contributed by atoms with Crippen LogP contribution in [-0.4, -0.2) is 24.5 Å². The van der Waals surface area contributed by atoms with Crippen LogP contribution in [0, 0.1) is 0 Å². The molecule has 0 heterocycles. The third kappa shape index (κ3) is 7.04. The van der Waals surface area contributed by atoms with Crippen LogP contribution in [0.4, 0.5) is 0 Å². The van der Waals surface area contributed by atoms with Crippen molar-refractivity contribution in [3.05, 3.63) is 107 Å². The van der Waals surface area contributed by atoms with Gasteiger partial charge in [-0.3, -0.25) is 0 Å². The van der Waals surface area contributed by atoms with E-state index < -0.39 is 17.9 Å². The van der Waals surface area contributed by atoms with Crippen LogP contribution in [0.15, 0.2) is 78.9 Å². The average Bonchev–Trinajstić information content (AvgIpc) is 2.86. The topological polar surface area (TPSA) is 78.9 Å². The molecule has 33 heavy (non-hydrogen) atoms. The van der Waals surface area contributed by atoms with Gasteiger partial charge in [-0.1, -0.05) is 74.0 Å². The second kappa shape index (κ2) is 12.2. The molecule has 0 aliphatic rings. The maximum absolute atomic E-state index is 12.8. The highest BCUT2D eigenvalue weighted by Gasteiger charge is 2.22. The van der Waals surface area contributed by atoms with E-state index in [-0.39, 0.29) is 36.5 Å². The SMILES string of the molecule is CCCCOC(=O)c1ccc(C(=O)OCc2ccccc2)cc1C(=O)OCc1ccccc1. The predicted octanol–water partition coefficient (Wildman–Crippen LogP) is 5.36. The molecular formula is C27H26O6. The third-order valence-corrected chi connectivity index (χ3v) is 4.85. The van der Waals surface area contributed by atoms with Gasteiger partial charge in [0.25, 0.3) is 0 Å². The Morgan fingerprint density at radius 2 is 1.18 bits per heavy atom. The fraction of sp³-hybridized carbons (Fsp3) is 0.222. The zero-order chi connectivity index (χ0) is 23.5. The molecular weight excluding hydrogens is 420 g/mol. The van der Waals surface area contributed by atoms with E-state index in [2.05, 4.69) is 0 Å². The number of benzene rings is 3. The summed E-state index contributed by atoms with van der Waals surface area (Å²) in [5, 5.41) is 0. The van der Waals surface area contributed by atoms with Crippen LogP contribution >= 0.6 is 0 Å². The van der Waals surface area contributed by atoms with Gasteiger partial charge in [0.1, 0.15) is 13.2 Å². The first kappa shape index (κ1) is 23.7. The van der Waals surface area contributed by atoms with E-state index in [1.165, 1.54) is 18.2 Å². The second-order valence-corrected chi connectivity index (χ2v) is 7.37. The van der Waals surface area contributed by atoms with Gasteiger partial charge in [-0.25, -0.2) is 14.4 Å². The van der Waals surface area contributed by atoms with Crippen LogP contribution in [0.3, 0.4) is 0 Å². The molecule has 3 aromatic carbocycles. The Morgan fingerprint density at radius 3 is 1.76 bits per heavy atom. The minimum Gasteiger partial charge on any atom is -0.462 e. The van der Waals surface area contributed by atoms with E-state index in [0.29, 0.717) is 6.42 Å². The minimum atomic E-state index is -0.723. The highest BCUT2D eigenvalue weighted by molar-refractivity contribution is 6.05. The van der Waals surface area contributed by atoms with Crippen molar-refractivity contribution in [1.82, 2.24) is 0 Å². The maximum atomic E-state index is 12.8. The van der Waals surface area contributed by atoms with Crippen LogP contribution in [0.1, 0.15) is 62.0 Å². The van der Waals surface area contributed by atoms with Gasteiger partial charge in [0.15, 0.2) is 0 Å². The lowest BCUT2D eigenvalue weighted by Crippen LogP contribution is -2.16. The van der Waals surface area contributed by atoms with Crippen molar-refractivity contribution >= 4 is 17.9 Å². The Hall–Kier alpha value is -3.93. The lowest BCUT2D eigenvalue weighted by Gasteiger charge is -2.12. The number of carbonyl (C=O) groups is 3. The Kier molecular flexibility index (Phi) is 8.77. The van der Waals surface area contributed by atoms with Gasteiger partial charge in [-0.2, -0.15) is 0 Å². The molecule has 3 rings (SSSR count). The van der Waals surface area contributed by atoms with E-state index in [0.717, 1.165) is 17.5 Å². The van der Waals surface area contributed by atoms with Crippen LogP contribution in [0.2, 0.25) is 0 Å². The second-order valence-electron chi connectivity index (χ2n) is 7.37. The van der Waals surface area contributed by atoms with E-state index in [1.54, 1.807) is 0 Å². The van der Waals surface area contributed by atoms with Crippen LogP contribution in [0.25, 0.3) is 0 Å². The van der Waals surface area contributed by atoms with E-state index >= 15 is 0 Å². The molecule has 0 radical (unpaired) electrons. The lowest BCUT2D eigenvalue weighted by molar-refractivity contribution is 0.0434. The van der Waals surface area contributed by atoms with Gasteiger partial charge in [-0.15, -0.1) is 0 Å².